The lowest BCUT2D eigenvalue weighted by atomic mass is 9.59. The van der Waals surface area contributed by atoms with Gasteiger partial charge in [0.25, 0.3) is 0 Å². The highest BCUT2D eigenvalue weighted by molar-refractivity contribution is 7.79. The molecule has 0 bridgehead atoms. The maximum Gasteiger partial charge on any atom is 0.162 e. The first-order valence-electron chi connectivity index (χ1n) is 8.83. The first-order chi connectivity index (χ1) is 12.4. The number of imidazole rings is 1. The number of hydrogen-bond donors (Lipinski definition) is 2. The molecule has 0 amide bonds. The number of allylic oxidation sites excluding steroid dienone is 1. The number of ketones is 1. The monoisotopic (exact) mass is 374 g/mol. The Morgan fingerprint density at radius 2 is 2.15 bits per heavy atom. The van der Waals surface area contributed by atoms with Crippen LogP contribution in [-0.2, 0) is 23.7 Å². The molecule has 2 unspecified atom stereocenters. The molecule has 26 heavy (non-hydrogen) atoms. The zero-order chi connectivity index (χ0) is 19.1. The molecular formula is C19H26N4O2S. The van der Waals surface area contributed by atoms with Crippen LogP contribution in [0.2, 0.25) is 0 Å². The van der Waals surface area contributed by atoms with Gasteiger partial charge < -0.3 is 5.11 Å². The molecule has 7 heteroatoms. The summed E-state index contributed by atoms with van der Waals surface area (Å²) in [4.78, 5) is 17.1. The van der Waals surface area contributed by atoms with E-state index in [2.05, 4.69) is 29.2 Å². The topological polar surface area (TPSA) is 72.9 Å². The smallest absolute Gasteiger partial charge is 0.162 e. The van der Waals surface area contributed by atoms with Gasteiger partial charge in [-0.2, -0.15) is 17.7 Å². The SMILES string of the molecule is CS.Cc1nc2c(n1-c1cnn(C)c1)CCC1CC(=O)/C(=C\O)CC21C. The highest BCUT2D eigenvalue weighted by atomic mass is 32.1. The van der Waals surface area contributed by atoms with Crippen molar-refractivity contribution in [2.45, 2.75) is 44.9 Å². The summed E-state index contributed by atoms with van der Waals surface area (Å²) in [7, 11) is 1.91. The van der Waals surface area contributed by atoms with E-state index < -0.39 is 0 Å². The second-order valence-corrected chi connectivity index (χ2v) is 7.27. The average Bonchev–Trinajstić information content (AvgIpc) is 3.20. The molecule has 0 spiro atoms. The molecule has 2 atom stereocenters. The molecule has 0 aromatic carbocycles. The second-order valence-electron chi connectivity index (χ2n) is 7.27. The Bertz CT molecular complexity index is 867. The fourth-order valence-electron chi connectivity index (χ4n) is 4.48. The van der Waals surface area contributed by atoms with Gasteiger partial charge in [0.15, 0.2) is 5.78 Å². The van der Waals surface area contributed by atoms with Crippen molar-refractivity contribution in [3.63, 3.8) is 0 Å². The molecule has 0 saturated heterocycles. The van der Waals surface area contributed by atoms with Crippen molar-refractivity contribution in [1.82, 2.24) is 19.3 Å². The van der Waals surface area contributed by atoms with Crippen molar-refractivity contribution in [3.05, 3.63) is 41.4 Å². The van der Waals surface area contributed by atoms with Crippen LogP contribution in [0.15, 0.2) is 24.2 Å². The minimum Gasteiger partial charge on any atom is -0.515 e. The van der Waals surface area contributed by atoms with Crippen LogP contribution >= 0.6 is 12.6 Å². The molecule has 1 N–H and O–H groups in total. The third-order valence-corrected chi connectivity index (χ3v) is 5.77. The van der Waals surface area contributed by atoms with E-state index in [0.717, 1.165) is 36.3 Å². The number of aliphatic hydroxyl groups excluding tert-OH is 1. The summed E-state index contributed by atoms with van der Waals surface area (Å²) in [6.45, 7) is 4.20. The molecule has 2 aliphatic rings. The van der Waals surface area contributed by atoms with Gasteiger partial charge in [-0.05, 0) is 38.4 Å². The summed E-state index contributed by atoms with van der Waals surface area (Å²) in [6, 6.07) is 0. The van der Waals surface area contributed by atoms with Gasteiger partial charge >= 0.3 is 0 Å². The van der Waals surface area contributed by atoms with Crippen molar-refractivity contribution in [1.29, 1.82) is 0 Å². The van der Waals surface area contributed by atoms with E-state index in [1.807, 2.05) is 26.4 Å². The third-order valence-electron chi connectivity index (χ3n) is 5.77. The van der Waals surface area contributed by atoms with Crippen molar-refractivity contribution in [2.75, 3.05) is 6.26 Å². The Kier molecular flexibility index (Phi) is 5.01. The quantitative estimate of drug-likeness (QED) is 0.457. The highest BCUT2D eigenvalue weighted by Crippen LogP contribution is 2.50. The summed E-state index contributed by atoms with van der Waals surface area (Å²) in [5.74, 6) is 1.31. The lowest BCUT2D eigenvalue weighted by Crippen LogP contribution is -2.43. The predicted octanol–water partition coefficient (Wildman–Crippen LogP) is 3.09. The molecule has 0 aliphatic heterocycles. The fraction of sp³-hybridized carbons (Fsp3) is 0.526. The van der Waals surface area contributed by atoms with Crippen LogP contribution in [-0.4, -0.2) is 36.5 Å². The minimum absolute atomic E-state index is 0.0758. The normalized spacial score (nSPS) is 26.1. The van der Waals surface area contributed by atoms with Crippen LogP contribution in [0.3, 0.4) is 0 Å². The van der Waals surface area contributed by atoms with Crippen molar-refractivity contribution >= 4 is 18.4 Å². The van der Waals surface area contributed by atoms with Gasteiger partial charge in [-0.25, -0.2) is 4.98 Å². The van der Waals surface area contributed by atoms with E-state index >= 15 is 0 Å². The van der Waals surface area contributed by atoms with Crippen molar-refractivity contribution < 1.29 is 9.90 Å². The van der Waals surface area contributed by atoms with E-state index in [1.54, 1.807) is 10.9 Å². The molecule has 2 aliphatic carbocycles. The van der Waals surface area contributed by atoms with Gasteiger partial charge in [-0.3, -0.25) is 14.0 Å². The van der Waals surface area contributed by atoms with Crippen LogP contribution in [0.5, 0.6) is 0 Å². The summed E-state index contributed by atoms with van der Waals surface area (Å²) in [5.41, 5.74) is 3.64. The molecule has 6 nitrogen and oxygen atoms in total. The Hall–Kier alpha value is -2.02. The van der Waals surface area contributed by atoms with Gasteiger partial charge in [0.2, 0.25) is 0 Å². The summed E-state index contributed by atoms with van der Waals surface area (Å²) in [5, 5.41) is 13.7. The summed E-state index contributed by atoms with van der Waals surface area (Å²) >= 11 is 3.53. The molecule has 0 radical (unpaired) electrons. The molecule has 2 aromatic rings. The minimum atomic E-state index is -0.200. The molecule has 1 fully saturated rings. The summed E-state index contributed by atoms with van der Waals surface area (Å²) < 4.78 is 3.98. The van der Waals surface area contributed by atoms with E-state index in [9.17, 15) is 9.90 Å². The Balaban J connectivity index is 0.000000948. The number of rotatable bonds is 1. The van der Waals surface area contributed by atoms with Crippen LogP contribution in [0.4, 0.5) is 0 Å². The fourth-order valence-corrected chi connectivity index (χ4v) is 4.48. The number of carbonyl (C=O) groups is 1. The number of aromatic nitrogens is 4. The number of nitrogens with zero attached hydrogens (tertiary/aromatic N) is 4. The predicted molar refractivity (Wildman–Crippen MR) is 104 cm³/mol. The standard InChI is InChI=1S/C18H22N4O2.CH4S/c1-11-20-17-15(22(11)14-8-19-21(3)9-14)5-4-13-6-16(24)12(10-23)7-18(13,17)2;1-2/h8-10,13,23H,4-7H2,1-3H3;2H,1H3/b12-10-;. The summed E-state index contributed by atoms with van der Waals surface area (Å²) in [6.07, 6.45) is 9.48. The first-order valence-corrected chi connectivity index (χ1v) is 9.72. The van der Waals surface area contributed by atoms with Gasteiger partial charge in [0, 0.05) is 36.3 Å². The third kappa shape index (κ3) is 2.78. The van der Waals surface area contributed by atoms with Crippen molar-refractivity contribution in [2.24, 2.45) is 13.0 Å². The van der Waals surface area contributed by atoms with Gasteiger partial charge in [0.05, 0.1) is 23.8 Å². The Labute approximate surface area is 159 Å². The highest BCUT2D eigenvalue weighted by Gasteiger charge is 2.48. The van der Waals surface area contributed by atoms with Gasteiger partial charge in [-0.15, -0.1) is 0 Å². The van der Waals surface area contributed by atoms with Gasteiger partial charge in [0.1, 0.15) is 5.82 Å². The van der Waals surface area contributed by atoms with E-state index in [0.29, 0.717) is 18.4 Å². The van der Waals surface area contributed by atoms with Crippen LogP contribution in [0.1, 0.15) is 43.4 Å². The average molecular weight is 375 g/mol. The largest absolute Gasteiger partial charge is 0.515 e. The number of aryl methyl sites for hydroxylation is 2. The van der Waals surface area contributed by atoms with Crippen LogP contribution in [0.25, 0.3) is 5.69 Å². The Morgan fingerprint density at radius 3 is 2.77 bits per heavy atom. The van der Waals surface area contributed by atoms with E-state index in [1.165, 1.54) is 5.69 Å². The zero-order valence-electron chi connectivity index (χ0n) is 15.7. The van der Waals surface area contributed by atoms with Gasteiger partial charge in [-0.1, -0.05) is 6.92 Å². The van der Waals surface area contributed by atoms with Crippen LogP contribution in [0, 0.1) is 12.8 Å². The Morgan fingerprint density at radius 1 is 1.42 bits per heavy atom. The van der Waals surface area contributed by atoms with Crippen LogP contribution < -0.4 is 0 Å². The molecule has 140 valence electrons. The number of aliphatic hydroxyl groups is 1. The zero-order valence-corrected chi connectivity index (χ0v) is 16.6. The molecule has 4 rings (SSSR count). The van der Waals surface area contributed by atoms with E-state index in [-0.39, 0.29) is 17.1 Å². The molecule has 2 aromatic heterocycles. The first kappa shape index (κ1) is 18.8. The number of hydrogen-bond acceptors (Lipinski definition) is 5. The molecule has 1 saturated carbocycles. The molecular weight excluding hydrogens is 348 g/mol. The number of thiol groups is 1. The number of fused-ring (bicyclic) bond motifs is 3. The lowest BCUT2D eigenvalue weighted by molar-refractivity contribution is -0.119. The van der Waals surface area contributed by atoms with Crippen molar-refractivity contribution in [3.8, 4) is 5.69 Å². The maximum atomic E-state index is 12.2. The maximum absolute atomic E-state index is 12.2. The van der Waals surface area contributed by atoms with E-state index in [4.69, 9.17) is 4.98 Å². The molecule has 2 heterocycles. The number of carbonyl (C=O) groups excluding carboxylic acids is 1. The second kappa shape index (κ2) is 6.95. The lowest BCUT2D eigenvalue weighted by Gasteiger charge is -2.44. The number of Topliss-reactive ketones (excluding diaryl/α,β-unsaturated/α-hetero) is 1.